The first-order valence-electron chi connectivity index (χ1n) is 10.5. The topological polar surface area (TPSA) is 52.1 Å². The van der Waals surface area contributed by atoms with E-state index in [2.05, 4.69) is 44.0 Å². The van der Waals surface area contributed by atoms with E-state index in [0.717, 1.165) is 52.4 Å². The van der Waals surface area contributed by atoms with Crippen LogP contribution in [0.4, 0.5) is 8.78 Å². The molecule has 1 unspecified atom stereocenters. The number of benzene rings is 1. The summed E-state index contributed by atoms with van der Waals surface area (Å²) < 4.78 is 29.7. The van der Waals surface area contributed by atoms with Gasteiger partial charge in [-0.15, -0.1) is 0 Å². The van der Waals surface area contributed by atoms with Crippen molar-refractivity contribution in [1.29, 1.82) is 0 Å². The zero-order chi connectivity index (χ0) is 21.1. The molecule has 0 saturated carbocycles. The molecule has 164 valence electrons. The minimum atomic E-state index is -2.84. The molecule has 1 aromatic carbocycles. The maximum atomic E-state index is 12.6. The van der Waals surface area contributed by atoms with E-state index in [-0.39, 0.29) is 12.3 Å². The molecule has 0 aliphatic carbocycles. The number of piperazine rings is 1. The molecule has 1 aliphatic heterocycles. The zero-order valence-electron chi connectivity index (χ0n) is 17.8. The number of guanidine groups is 1. The Kier molecular flexibility index (Phi) is 10.1. The monoisotopic (exact) mass is 411 g/mol. The van der Waals surface area contributed by atoms with Gasteiger partial charge < -0.3 is 25.2 Å². The van der Waals surface area contributed by atoms with Gasteiger partial charge in [-0.25, -0.2) is 4.99 Å². The Hall–Kier alpha value is -1.93. The molecule has 2 N–H and O–H groups in total. The summed E-state index contributed by atoms with van der Waals surface area (Å²) in [6, 6.07) is 6.77. The van der Waals surface area contributed by atoms with Crippen molar-refractivity contribution in [3.8, 4) is 5.75 Å². The molecule has 1 saturated heterocycles. The highest BCUT2D eigenvalue weighted by molar-refractivity contribution is 5.79. The summed E-state index contributed by atoms with van der Waals surface area (Å²) in [4.78, 5) is 9.53. The molecule has 1 atom stereocenters. The van der Waals surface area contributed by atoms with Crippen LogP contribution in [0, 0.1) is 5.92 Å². The highest BCUT2D eigenvalue weighted by Gasteiger charge is 2.17. The van der Waals surface area contributed by atoms with E-state index in [1.807, 2.05) is 6.92 Å². The Balaban J connectivity index is 1.84. The van der Waals surface area contributed by atoms with Gasteiger partial charge in [0.1, 0.15) is 5.75 Å². The molecule has 29 heavy (non-hydrogen) atoms. The Bertz CT molecular complexity index is 621. The average Bonchev–Trinajstić information content (AvgIpc) is 2.71. The van der Waals surface area contributed by atoms with E-state index in [4.69, 9.17) is 0 Å². The van der Waals surface area contributed by atoms with Crippen LogP contribution >= 0.6 is 0 Å². The Morgan fingerprint density at radius 1 is 1.10 bits per heavy atom. The Morgan fingerprint density at radius 2 is 1.79 bits per heavy atom. The maximum absolute atomic E-state index is 12.6. The van der Waals surface area contributed by atoms with Gasteiger partial charge >= 0.3 is 6.61 Å². The highest BCUT2D eigenvalue weighted by atomic mass is 19.3. The molecule has 6 nitrogen and oxygen atoms in total. The number of hydrogen-bond donors (Lipinski definition) is 2. The number of halogens is 2. The molecule has 0 bridgehead atoms. The molecule has 2 rings (SSSR count). The largest absolute Gasteiger partial charge is 0.434 e. The molecule has 0 spiro atoms. The van der Waals surface area contributed by atoms with Crippen molar-refractivity contribution in [2.45, 2.75) is 33.9 Å². The van der Waals surface area contributed by atoms with Gasteiger partial charge in [-0.2, -0.15) is 8.78 Å². The lowest BCUT2D eigenvalue weighted by atomic mass is 10.1. The first kappa shape index (κ1) is 23.3. The average molecular weight is 412 g/mol. The molecule has 8 heteroatoms. The van der Waals surface area contributed by atoms with Gasteiger partial charge in [0, 0.05) is 51.4 Å². The van der Waals surface area contributed by atoms with E-state index in [1.165, 1.54) is 6.07 Å². The lowest BCUT2D eigenvalue weighted by molar-refractivity contribution is -0.0504. The second-order valence-electron chi connectivity index (χ2n) is 7.40. The Labute approximate surface area is 173 Å². The molecule has 0 amide bonds. The van der Waals surface area contributed by atoms with Gasteiger partial charge in [-0.05, 0) is 25.5 Å². The van der Waals surface area contributed by atoms with Crippen LogP contribution in [0.1, 0.15) is 26.3 Å². The molecular weight excluding hydrogens is 376 g/mol. The van der Waals surface area contributed by atoms with Crippen molar-refractivity contribution in [2.75, 3.05) is 52.4 Å². The van der Waals surface area contributed by atoms with E-state index < -0.39 is 6.61 Å². The van der Waals surface area contributed by atoms with Crippen LogP contribution in [0.25, 0.3) is 0 Å². The molecule has 1 heterocycles. The summed E-state index contributed by atoms with van der Waals surface area (Å²) in [6.45, 7) is 12.1. The second kappa shape index (κ2) is 12.6. The summed E-state index contributed by atoms with van der Waals surface area (Å²) in [6.07, 6.45) is 0. The predicted molar refractivity (Wildman–Crippen MR) is 114 cm³/mol. The standard InChI is InChI=1S/C21H35F2N5O/c1-4-24-21(26-15-18-8-6-7-9-19(18)29-20(22)23)25-14-17(3)16-28-12-10-27(5-2)11-13-28/h6-9,17,20H,4-5,10-16H2,1-3H3,(H2,24,25,26). The molecular formula is C21H35F2N5O. The van der Waals surface area contributed by atoms with Crippen molar-refractivity contribution < 1.29 is 13.5 Å². The van der Waals surface area contributed by atoms with Gasteiger partial charge in [0.25, 0.3) is 0 Å². The van der Waals surface area contributed by atoms with Crippen LogP contribution in [0.15, 0.2) is 29.3 Å². The van der Waals surface area contributed by atoms with Crippen molar-refractivity contribution in [3.63, 3.8) is 0 Å². The smallest absolute Gasteiger partial charge is 0.387 e. The van der Waals surface area contributed by atoms with Crippen molar-refractivity contribution in [3.05, 3.63) is 29.8 Å². The number of nitrogens with zero attached hydrogens (tertiary/aromatic N) is 3. The summed E-state index contributed by atoms with van der Waals surface area (Å²) in [5, 5.41) is 6.59. The van der Waals surface area contributed by atoms with Crippen LogP contribution in [-0.4, -0.2) is 74.7 Å². The zero-order valence-corrected chi connectivity index (χ0v) is 17.8. The molecule has 0 aromatic heterocycles. The fraction of sp³-hybridized carbons (Fsp3) is 0.667. The van der Waals surface area contributed by atoms with E-state index >= 15 is 0 Å². The number of hydrogen-bond acceptors (Lipinski definition) is 4. The predicted octanol–water partition coefficient (Wildman–Crippen LogP) is 2.62. The lowest BCUT2D eigenvalue weighted by Gasteiger charge is -2.35. The van der Waals surface area contributed by atoms with E-state index in [1.54, 1.807) is 18.2 Å². The normalized spacial score (nSPS) is 17.4. The van der Waals surface area contributed by atoms with Gasteiger partial charge in [-0.1, -0.05) is 32.0 Å². The maximum Gasteiger partial charge on any atom is 0.387 e. The fourth-order valence-corrected chi connectivity index (χ4v) is 3.42. The Morgan fingerprint density at radius 3 is 2.45 bits per heavy atom. The quantitative estimate of drug-likeness (QED) is 0.458. The van der Waals surface area contributed by atoms with Crippen LogP contribution in [0.5, 0.6) is 5.75 Å². The fourth-order valence-electron chi connectivity index (χ4n) is 3.42. The van der Waals surface area contributed by atoms with Gasteiger partial charge in [0.2, 0.25) is 0 Å². The number of alkyl halides is 2. The summed E-state index contributed by atoms with van der Waals surface area (Å²) >= 11 is 0. The van der Waals surface area contributed by atoms with E-state index in [9.17, 15) is 8.78 Å². The van der Waals surface area contributed by atoms with Crippen LogP contribution in [0.2, 0.25) is 0 Å². The number of aliphatic imine (C=N–C) groups is 1. The highest BCUT2D eigenvalue weighted by Crippen LogP contribution is 2.20. The molecule has 1 aliphatic rings. The minimum Gasteiger partial charge on any atom is -0.434 e. The first-order chi connectivity index (χ1) is 14.0. The lowest BCUT2D eigenvalue weighted by Crippen LogP contribution is -2.48. The number of nitrogens with one attached hydrogen (secondary N) is 2. The number of likely N-dealkylation sites (N-methyl/N-ethyl adjacent to an activating group) is 1. The second-order valence-corrected chi connectivity index (χ2v) is 7.40. The van der Waals surface area contributed by atoms with Gasteiger partial charge in [-0.3, -0.25) is 0 Å². The third-order valence-corrected chi connectivity index (χ3v) is 5.04. The molecule has 0 radical (unpaired) electrons. The van der Waals surface area contributed by atoms with Gasteiger partial charge in [0.05, 0.1) is 6.54 Å². The van der Waals surface area contributed by atoms with Crippen LogP contribution in [0.3, 0.4) is 0 Å². The molecule has 1 aromatic rings. The number of para-hydroxylation sites is 1. The molecule has 1 fully saturated rings. The number of ether oxygens (including phenoxy) is 1. The first-order valence-corrected chi connectivity index (χ1v) is 10.5. The minimum absolute atomic E-state index is 0.168. The van der Waals surface area contributed by atoms with E-state index in [0.29, 0.717) is 17.4 Å². The third-order valence-electron chi connectivity index (χ3n) is 5.04. The SMILES string of the molecule is CCNC(=NCc1ccccc1OC(F)F)NCC(C)CN1CCN(CC)CC1. The van der Waals surface area contributed by atoms with Crippen molar-refractivity contribution in [1.82, 2.24) is 20.4 Å². The van der Waals surface area contributed by atoms with Crippen LogP contribution < -0.4 is 15.4 Å². The summed E-state index contributed by atoms with van der Waals surface area (Å²) in [5.74, 6) is 1.32. The number of rotatable bonds is 10. The van der Waals surface area contributed by atoms with Crippen LogP contribution in [-0.2, 0) is 6.54 Å². The van der Waals surface area contributed by atoms with Crippen molar-refractivity contribution in [2.24, 2.45) is 10.9 Å². The third kappa shape index (κ3) is 8.53. The summed E-state index contributed by atoms with van der Waals surface area (Å²) in [7, 11) is 0. The van der Waals surface area contributed by atoms with Gasteiger partial charge in [0.15, 0.2) is 5.96 Å². The summed E-state index contributed by atoms with van der Waals surface area (Å²) in [5.41, 5.74) is 0.631. The van der Waals surface area contributed by atoms with Crippen molar-refractivity contribution >= 4 is 5.96 Å².